The van der Waals surface area contributed by atoms with E-state index in [1.807, 2.05) is 0 Å². The summed E-state index contributed by atoms with van der Waals surface area (Å²) in [5, 5.41) is 0. The predicted octanol–water partition coefficient (Wildman–Crippen LogP) is 3.37. The predicted molar refractivity (Wildman–Crippen MR) is 70.4 cm³/mol. The highest BCUT2D eigenvalue weighted by Gasteiger charge is 2.71. The molecule has 0 N–H and O–H groups in total. The highest BCUT2D eigenvalue weighted by atomic mass is 28.4. The lowest BCUT2D eigenvalue weighted by atomic mass is 10.1. The zero-order valence-corrected chi connectivity index (χ0v) is 11.8. The number of hydrogen-bond donors (Lipinski definition) is 0. The Labute approximate surface area is 104 Å². The topological polar surface area (TPSA) is 18.5 Å². The van der Waals surface area contributed by atoms with Gasteiger partial charge < -0.3 is 9.16 Å². The average molecular weight is 248 g/mol. The maximum Gasteiger partial charge on any atom is 0.187 e. The van der Waals surface area contributed by atoms with Crippen molar-refractivity contribution in [3.8, 4) is 0 Å². The Morgan fingerprint density at radius 3 is 2.59 bits per heavy atom. The van der Waals surface area contributed by atoms with Crippen LogP contribution in [0.15, 0.2) is 30.3 Å². The first-order chi connectivity index (χ1) is 8.03. The van der Waals surface area contributed by atoms with Crippen LogP contribution in [0.3, 0.4) is 0 Å². The first-order valence-electron chi connectivity index (χ1n) is 6.42. The Morgan fingerprint density at radius 1 is 1.24 bits per heavy atom. The van der Waals surface area contributed by atoms with Crippen LogP contribution in [-0.2, 0) is 9.16 Å². The van der Waals surface area contributed by atoms with Gasteiger partial charge in [-0.05, 0) is 31.6 Å². The van der Waals surface area contributed by atoms with Gasteiger partial charge in [0.1, 0.15) is 0 Å². The molecule has 0 spiro atoms. The van der Waals surface area contributed by atoms with Gasteiger partial charge in [-0.1, -0.05) is 30.3 Å². The molecule has 1 saturated carbocycles. The quantitative estimate of drug-likeness (QED) is 0.764. The molecule has 1 aliphatic carbocycles. The van der Waals surface area contributed by atoms with Crippen molar-refractivity contribution in [1.82, 2.24) is 0 Å². The molecule has 92 valence electrons. The molecule has 1 aromatic rings. The highest BCUT2D eigenvalue weighted by Crippen LogP contribution is 2.66. The number of benzene rings is 1. The van der Waals surface area contributed by atoms with Gasteiger partial charge >= 0.3 is 0 Å². The number of ether oxygens (including phenoxy) is 1. The summed E-state index contributed by atoms with van der Waals surface area (Å²) in [6.45, 7) is 7.57. The summed E-state index contributed by atoms with van der Waals surface area (Å²) in [6, 6.07) is 10.7. The molecule has 2 nitrogen and oxygen atoms in total. The minimum absolute atomic E-state index is 0.272. The molecule has 0 aromatic heterocycles. The number of rotatable bonds is 3. The molecule has 0 amide bonds. The molecule has 2 aliphatic rings. The summed E-state index contributed by atoms with van der Waals surface area (Å²) >= 11 is 0. The van der Waals surface area contributed by atoms with Crippen LogP contribution in [0.4, 0.5) is 0 Å². The summed E-state index contributed by atoms with van der Waals surface area (Å²) in [6.07, 6.45) is 1.14. The summed E-state index contributed by atoms with van der Waals surface area (Å²) in [5.41, 5.74) is 1.37. The Morgan fingerprint density at radius 2 is 1.94 bits per heavy atom. The third-order valence-electron chi connectivity index (χ3n) is 3.62. The minimum Gasteiger partial charge on any atom is -0.390 e. The van der Waals surface area contributed by atoms with Gasteiger partial charge in [0.2, 0.25) is 0 Å². The van der Waals surface area contributed by atoms with E-state index in [1.165, 1.54) is 5.56 Å². The van der Waals surface area contributed by atoms with Gasteiger partial charge in [-0.3, -0.25) is 0 Å². The molecule has 0 unspecified atom stereocenters. The second kappa shape index (κ2) is 3.67. The second-order valence-electron chi connectivity index (χ2n) is 6.07. The molecule has 1 heterocycles. The van der Waals surface area contributed by atoms with Crippen molar-refractivity contribution in [1.29, 1.82) is 0 Å². The lowest BCUT2D eigenvalue weighted by Crippen LogP contribution is -2.35. The van der Waals surface area contributed by atoms with E-state index >= 15 is 0 Å². The van der Waals surface area contributed by atoms with Crippen molar-refractivity contribution >= 4 is 8.32 Å². The molecule has 17 heavy (non-hydrogen) atoms. The molecular formula is C14H20O2Si. The molecule has 0 bridgehead atoms. The highest BCUT2D eigenvalue weighted by molar-refractivity contribution is 6.69. The molecule has 1 aromatic carbocycles. The molecule has 1 saturated heterocycles. The van der Waals surface area contributed by atoms with Gasteiger partial charge in [-0.15, -0.1) is 0 Å². The molecule has 1 aliphatic heterocycles. The van der Waals surface area contributed by atoms with E-state index in [2.05, 4.69) is 50.0 Å². The zero-order valence-electron chi connectivity index (χ0n) is 10.8. The second-order valence-corrected chi connectivity index (χ2v) is 10.5. The van der Waals surface area contributed by atoms with E-state index in [9.17, 15) is 0 Å². The number of hydrogen-bond acceptors (Lipinski definition) is 2. The SMILES string of the molecule is C[Si](C)(C)O[C@]12OCC[C@H]1[C@@H]2c1ccccc1. The van der Waals surface area contributed by atoms with Crippen LogP contribution >= 0.6 is 0 Å². The van der Waals surface area contributed by atoms with Crippen LogP contribution in [0.25, 0.3) is 0 Å². The van der Waals surface area contributed by atoms with Crippen LogP contribution in [0, 0.1) is 5.92 Å². The smallest absolute Gasteiger partial charge is 0.187 e. The summed E-state index contributed by atoms with van der Waals surface area (Å²) in [5.74, 6) is 0.770. The first kappa shape index (κ1) is 11.4. The summed E-state index contributed by atoms with van der Waals surface area (Å²) in [4.78, 5) is 0. The molecule has 3 heteroatoms. The Balaban J connectivity index is 1.85. The van der Waals surface area contributed by atoms with E-state index in [4.69, 9.17) is 9.16 Å². The fourth-order valence-corrected chi connectivity index (χ4v) is 4.38. The normalized spacial score (nSPS) is 35.7. The van der Waals surface area contributed by atoms with Gasteiger partial charge in [0.25, 0.3) is 0 Å². The standard InChI is InChI=1S/C14H20O2Si/c1-17(2,3)16-14-12(9-10-15-14)13(14)11-7-5-4-6-8-11/h4-8,12-13H,9-10H2,1-3H3/t12-,13-,14+/m0/s1. The van der Waals surface area contributed by atoms with Crippen molar-refractivity contribution < 1.29 is 9.16 Å². The summed E-state index contributed by atoms with van der Waals surface area (Å²) in [7, 11) is -1.55. The molecular weight excluding hydrogens is 228 g/mol. The third kappa shape index (κ3) is 1.86. The van der Waals surface area contributed by atoms with Crippen LogP contribution < -0.4 is 0 Å². The monoisotopic (exact) mass is 248 g/mol. The van der Waals surface area contributed by atoms with Crippen molar-refractivity contribution in [2.24, 2.45) is 5.92 Å². The van der Waals surface area contributed by atoms with E-state index in [-0.39, 0.29) is 5.79 Å². The summed E-state index contributed by atoms with van der Waals surface area (Å²) < 4.78 is 12.3. The van der Waals surface area contributed by atoms with Crippen molar-refractivity contribution in [2.45, 2.75) is 37.8 Å². The molecule has 2 fully saturated rings. The van der Waals surface area contributed by atoms with E-state index in [0.717, 1.165) is 13.0 Å². The fraction of sp³-hybridized carbons (Fsp3) is 0.571. The van der Waals surface area contributed by atoms with Gasteiger partial charge in [0, 0.05) is 11.8 Å². The Hall–Kier alpha value is -0.643. The van der Waals surface area contributed by atoms with Crippen LogP contribution in [-0.4, -0.2) is 20.7 Å². The lowest BCUT2D eigenvalue weighted by molar-refractivity contribution is -0.0951. The Bertz CT molecular complexity index is 412. The van der Waals surface area contributed by atoms with Gasteiger partial charge in [0.15, 0.2) is 14.1 Å². The average Bonchev–Trinajstić information content (AvgIpc) is 2.65. The Kier molecular flexibility index (Phi) is 2.47. The number of fused-ring (bicyclic) bond motifs is 1. The molecule has 3 rings (SSSR count). The fourth-order valence-electron chi connectivity index (χ4n) is 3.09. The van der Waals surface area contributed by atoms with Crippen molar-refractivity contribution in [3.63, 3.8) is 0 Å². The first-order valence-corrected chi connectivity index (χ1v) is 9.83. The minimum atomic E-state index is -1.55. The van der Waals surface area contributed by atoms with E-state index in [0.29, 0.717) is 11.8 Å². The molecule has 3 atom stereocenters. The maximum absolute atomic E-state index is 6.34. The van der Waals surface area contributed by atoms with E-state index < -0.39 is 8.32 Å². The molecule has 0 radical (unpaired) electrons. The van der Waals surface area contributed by atoms with Crippen LogP contribution in [0.1, 0.15) is 17.9 Å². The third-order valence-corrected chi connectivity index (χ3v) is 4.56. The zero-order chi connectivity index (χ0) is 12.1. The van der Waals surface area contributed by atoms with Gasteiger partial charge in [-0.25, -0.2) is 0 Å². The van der Waals surface area contributed by atoms with Gasteiger partial charge in [-0.2, -0.15) is 0 Å². The van der Waals surface area contributed by atoms with Crippen LogP contribution in [0.2, 0.25) is 19.6 Å². The lowest BCUT2D eigenvalue weighted by Gasteiger charge is -2.26. The van der Waals surface area contributed by atoms with Crippen molar-refractivity contribution in [3.05, 3.63) is 35.9 Å². The largest absolute Gasteiger partial charge is 0.390 e. The van der Waals surface area contributed by atoms with Gasteiger partial charge in [0.05, 0.1) is 6.61 Å². The van der Waals surface area contributed by atoms with Crippen LogP contribution in [0.5, 0.6) is 0 Å². The van der Waals surface area contributed by atoms with E-state index in [1.54, 1.807) is 0 Å². The maximum atomic E-state index is 6.34. The van der Waals surface area contributed by atoms with Crippen molar-refractivity contribution in [2.75, 3.05) is 6.61 Å².